The van der Waals surface area contributed by atoms with Gasteiger partial charge >= 0.3 is 0 Å². The average molecular weight is 363 g/mol. The monoisotopic (exact) mass is 363 g/mol. The Morgan fingerprint density at radius 1 is 1.27 bits per heavy atom. The van der Waals surface area contributed by atoms with E-state index < -0.39 is 18.4 Å². The van der Waals surface area contributed by atoms with Crippen molar-refractivity contribution in [2.45, 2.75) is 50.5 Å². The number of aliphatic hydroxyl groups excluding tert-OH is 1. The Morgan fingerprint density at radius 2 is 2.00 bits per heavy atom. The predicted octanol–water partition coefficient (Wildman–Crippen LogP) is 1.08. The van der Waals surface area contributed by atoms with Crippen LogP contribution in [0.5, 0.6) is 11.5 Å². The van der Waals surface area contributed by atoms with Gasteiger partial charge in [-0.3, -0.25) is 0 Å². The number of hydrogen-bond acceptors (Lipinski definition) is 7. The fourth-order valence-electron chi connectivity index (χ4n) is 3.88. The minimum atomic E-state index is -0.672. The molecule has 2 aliphatic rings. The van der Waals surface area contributed by atoms with Crippen LogP contribution in [0.4, 0.5) is 0 Å². The number of fused-ring (bicyclic) bond motifs is 3. The second-order valence-electron chi connectivity index (χ2n) is 7.05. The van der Waals surface area contributed by atoms with Gasteiger partial charge in [0.05, 0.1) is 50.3 Å². The number of nitrogens with zero attached hydrogens (tertiary/aromatic N) is 2. The first-order chi connectivity index (χ1) is 12.5. The SMILES string of the molecule is COc1cc2ncn(C3C4OCC(O4)C(NC(C)C)C3O)c2cc1OC. The number of ether oxygens (including phenoxy) is 4. The van der Waals surface area contributed by atoms with Crippen LogP contribution in [0.3, 0.4) is 0 Å². The van der Waals surface area contributed by atoms with Crippen LogP contribution in [0.2, 0.25) is 0 Å². The minimum absolute atomic E-state index is 0.155. The number of rotatable bonds is 5. The summed E-state index contributed by atoms with van der Waals surface area (Å²) in [5.41, 5.74) is 1.58. The van der Waals surface area contributed by atoms with Crippen molar-refractivity contribution < 1.29 is 24.1 Å². The smallest absolute Gasteiger partial charge is 0.181 e. The van der Waals surface area contributed by atoms with Crippen molar-refractivity contribution in [1.29, 1.82) is 0 Å². The molecule has 4 rings (SSSR count). The Labute approximate surface area is 152 Å². The van der Waals surface area contributed by atoms with E-state index in [2.05, 4.69) is 10.3 Å². The van der Waals surface area contributed by atoms with Gasteiger partial charge in [0.15, 0.2) is 17.8 Å². The van der Waals surface area contributed by atoms with Gasteiger partial charge in [0.1, 0.15) is 12.1 Å². The molecule has 5 unspecified atom stereocenters. The first-order valence-electron chi connectivity index (χ1n) is 8.83. The molecule has 2 fully saturated rings. The van der Waals surface area contributed by atoms with Gasteiger partial charge in [-0.25, -0.2) is 4.98 Å². The fourth-order valence-corrected chi connectivity index (χ4v) is 3.88. The molecule has 2 aromatic rings. The molecule has 0 radical (unpaired) electrons. The van der Waals surface area contributed by atoms with Crippen molar-refractivity contribution in [3.8, 4) is 11.5 Å². The summed E-state index contributed by atoms with van der Waals surface area (Å²) in [6, 6.07) is 3.28. The quantitative estimate of drug-likeness (QED) is 0.822. The van der Waals surface area contributed by atoms with Crippen LogP contribution in [0.1, 0.15) is 19.9 Å². The van der Waals surface area contributed by atoms with Crippen molar-refractivity contribution in [1.82, 2.24) is 14.9 Å². The Balaban J connectivity index is 1.76. The fraction of sp³-hybridized carbons (Fsp3) is 0.611. The van der Waals surface area contributed by atoms with Crippen LogP contribution in [-0.2, 0) is 9.47 Å². The highest BCUT2D eigenvalue weighted by Crippen LogP contribution is 2.39. The first-order valence-corrected chi connectivity index (χ1v) is 8.83. The summed E-state index contributed by atoms with van der Waals surface area (Å²) in [6.07, 6.45) is 0.368. The van der Waals surface area contributed by atoms with Gasteiger partial charge in [0, 0.05) is 18.2 Å². The summed E-state index contributed by atoms with van der Waals surface area (Å²) in [6.45, 7) is 4.56. The second-order valence-corrected chi connectivity index (χ2v) is 7.05. The van der Waals surface area contributed by atoms with E-state index in [1.807, 2.05) is 30.5 Å². The number of hydrogen-bond donors (Lipinski definition) is 2. The van der Waals surface area contributed by atoms with E-state index in [1.165, 1.54) is 0 Å². The molecule has 1 aromatic carbocycles. The number of aromatic nitrogens is 2. The molecule has 8 heteroatoms. The maximum absolute atomic E-state index is 11.1. The van der Waals surface area contributed by atoms with Crippen LogP contribution in [0.15, 0.2) is 18.5 Å². The molecular formula is C18H25N3O5. The summed E-state index contributed by atoms with van der Waals surface area (Å²) in [4.78, 5) is 4.47. The van der Waals surface area contributed by atoms with Crippen molar-refractivity contribution in [3.63, 3.8) is 0 Å². The molecule has 26 heavy (non-hydrogen) atoms. The van der Waals surface area contributed by atoms with Crippen molar-refractivity contribution in [3.05, 3.63) is 18.5 Å². The molecule has 0 aliphatic carbocycles. The topological polar surface area (TPSA) is 87.0 Å². The van der Waals surface area contributed by atoms with Gasteiger partial charge in [-0.05, 0) is 0 Å². The normalized spacial score (nSPS) is 30.9. The highest BCUT2D eigenvalue weighted by Gasteiger charge is 2.51. The number of methoxy groups -OCH3 is 2. The minimum Gasteiger partial charge on any atom is -0.493 e. The average Bonchev–Trinajstić information content (AvgIpc) is 3.23. The third kappa shape index (κ3) is 2.73. The van der Waals surface area contributed by atoms with E-state index in [0.717, 1.165) is 11.0 Å². The van der Waals surface area contributed by atoms with Gasteiger partial charge in [0.2, 0.25) is 0 Å². The van der Waals surface area contributed by atoms with E-state index in [0.29, 0.717) is 18.1 Å². The summed E-state index contributed by atoms with van der Waals surface area (Å²) in [5, 5.41) is 14.5. The van der Waals surface area contributed by atoms with Crippen LogP contribution in [-0.4, -0.2) is 66.1 Å². The van der Waals surface area contributed by atoms with E-state index in [-0.39, 0.29) is 18.2 Å². The number of aliphatic hydroxyl groups is 1. The lowest BCUT2D eigenvalue weighted by Crippen LogP contribution is -2.58. The second kappa shape index (κ2) is 6.70. The Morgan fingerprint density at radius 3 is 2.69 bits per heavy atom. The third-order valence-electron chi connectivity index (χ3n) is 5.06. The van der Waals surface area contributed by atoms with E-state index in [9.17, 15) is 5.11 Å². The molecule has 142 valence electrons. The summed E-state index contributed by atoms with van der Waals surface area (Å²) >= 11 is 0. The Hall–Kier alpha value is -1.87. The van der Waals surface area contributed by atoms with Crippen molar-refractivity contribution in [2.24, 2.45) is 0 Å². The number of nitrogens with one attached hydrogen (secondary N) is 1. The van der Waals surface area contributed by atoms with Gasteiger partial charge < -0.3 is 33.9 Å². The Bertz CT molecular complexity index is 792. The molecule has 2 bridgehead atoms. The predicted molar refractivity (Wildman–Crippen MR) is 94.6 cm³/mol. The van der Waals surface area contributed by atoms with Gasteiger partial charge in [-0.2, -0.15) is 0 Å². The molecule has 2 N–H and O–H groups in total. The lowest BCUT2D eigenvalue weighted by atomic mass is 9.95. The highest BCUT2D eigenvalue weighted by atomic mass is 16.7. The van der Waals surface area contributed by atoms with Gasteiger partial charge in [0.25, 0.3) is 0 Å². The van der Waals surface area contributed by atoms with E-state index >= 15 is 0 Å². The molecule has 0 amide bonds. The molecule has 0 saturated carbocycles. The molecule has 3 heterocycles. The maximum Gasteiger partial charge on any atom is 0.181 e. The third-order valence-corrected chi connectivity index (χ3v) is 5.06. The molecule has 5 atom stereocenters. The number of benzene rings is 1. The molecule has 1 aromatic heterocycles. The van der Waals surface area contributed by atoms with Crippen LogP contribution in [0, 0.1) is 0 Å². The van der Waals surface area contributed by atoms with Gasteiger partial charge in [-0.1, -0.05) is 13.8 Å². The Kier molecular flexibility index (Phi) is 4.52. The zero-order chi connectivity index (χ0) is 18.4. The van der Waals surface area contributed by atoms with E-state index in [1.54, 1.807) is 20.5 Å². The molecule has 2 saturated heterocycles. The summed E-state index contributed by atoms with van der Waals surface area (Å²) in [7, 11) is 3.18. The van der Waals surface area contributed by atoms with Crippen molar-refractivity contribution >= 4 is 11.0 Å². The summed E-state index contributed by atoms with van der Waals surface area (Å²) < 4.78 is 24.5. The van der Waals surface area contributed by atoms with Crippen molar-refractivity contribution in [2.75, 3.05) is 20.8 Å². The maximum atomic E-state index is 11.1. The zero-order valence-electron chi connectivity index (χ0n) is 15.4. The van der Waals surface area contributed by atoms with Crippen LogP contribution < -0.4 is 14.8 Å². The van der Waals surface area contributed by atoms with Crippen LogP contribution in [0.25, 0.3) is 11.0 Å². The largest absolute Gasteiger partial charge is 0.493 e. The lowest BCUT2D eigenvalue weighted by molar-refractivity contribution is -0.165. The zero-order valence-corrected chi connectivity index (χ0v) is 15.4. The van der Waals surface area contributed by atoms with Gasteiger partial charge in [-0.15, -0.1) is 0 Å². The summed E-state index contributed by atoms with van der Waals surface area (Å²) in [5.74, 6) is 1.22. The van der Waals surface area contributed by atoms with Crippen LogP contribution >= 0.6 is 0 Å². The first kappa shape index (κ1) is 17.5. The molecule has 2 aliphatic heterocycles. The van der Waals surface area contributed by atoms with E-state index in [4.69, 9.17) is 18.9 Å². The molecular weight excluding hydrogens is 338 g/mol. The number of imidazole rings is 1. The standard InChI is InChI=1S/C18H25N3O5/c1-9(2)20-15-14-7-25-18(26-14)16(17(15)22)21-8-19-10-5-12(23-3)13(24-4)6-11(10)21/h5-6,8-9,14-18,20,22H,7H2,1-4H3. The molecule has 0 spiro atoms. The molecule has 8 nitrogen and oxygen atoms in total. The lowest BCUT2D eigenvalue weighted by Gasteiger charge is -2.40. The highest BCUT2D eigenvalue weighted by molar-refractivity contribution is 5.80.